The quantitative estimate of drug-likeness (QED) is 0.435. The van der Waals surface area contributed by atoms with Crippen LogP contribution >= 0.6 is 0 Å². The molecule has 0 spiro atoms. The second kappa shape index (κ2) is 12.2. The van der Waals surface area contributed by atoms with Crippen LogP contribution in [-0.2, 0) is 0 Å². The van der Waals surface area contributed by atoms with Crippen LogP contribution in [0.4, 0.5) is 17.1 Å². The van der Waals surface area contributed by atoms with Crippen molar-refractivity contribution in [3.05, 3.63) is 54.1 Å². The van der Waals surface area contributed by atoms with Gasteiger partial charge in [-0.05, 0) is 90.1 Å². The highest BCUT2D eigenvalue weighted by Gasteiger charge is 2.09. The Bertz CT molecular complexity index is 688. The highest BCUT2D eigenvalue weighted by molar-refractivity contribution is 5.97. The number of hydrogen-bond acceptors (Lipinski definition) is 4. The van der Waals surface area contributed by atoms with Gasteiger partial charge in [0.15, 0.2) is 5.78 Å². The number of carbonyl (C=O) groups excluding carboxylic acids is 1. The zero-order valence-electron chi connectivity index (χ0n) is 19.3. The molecular weight excluding hydrogens is 358 g/mol. The Balaban J connectivity index is 0.000000291. The molecule has 160 valence electrons. The predicted octanol–water partition coefficient (Wildman–Crippen LogP) is 6.67. The van der Waals surface area contributed by atoms with Gasteiger partial charge in [-0.25, -0.2) is 0 Å². The molecular formula is C25H39N3O. The third-order valence-corrected chi connectivity index (χ3v) is 3.94. The fraction of sp³-hybridized carbons (Fsp3) is 0.480. The number of nitrogens with one attached hydrogen (secondary N) is 3. The van der Waals surface area contributed by atoms with E-state index in [4.69, 9.17) is 0 Å². The number of Topliss-reactive ketones (excluding diaryl/α,β-unsaturated/α-hetero) is 1. The topological polar surface area (TPSA) is 53.2 Å². The first-order valence-electron chi connectivity index (χ1n) is 10.6. The Kier molecular flexibility index (Phi) is 10.3. The number of anilines is 3. The number of carbonyl (C=O) groups is 1. The lowest BCUT2D eigenvalue weighted by atomic mass is 10.0. The van der Waals surface area contributed by atoms with E-state index in [-0.39, 0.29) is 11.7 Å². The zero-order valence-corrected chi connectivity index (χ0v) is 19.3. The van der Waals surface area contributed by atoms with Crippen LogP contribution in [0, 0.1) is 5.92 Å². The van der Waals surface area contributed by atoms with Gasteiger partial charge in [-0.3, -0.25) is 4.79 Å². The summed E-state index contributed by atoms with van der Waals surface area (Å²) in [7, 11) is 0. The van der Waals surface area contributed by atoms with E-state index in [9.17, 15) is 4.79 Å². The van der Waals surface area contributed by atoms with Crippen LogP contribution in [0.25, 0.3) is 0 Å². The molecule has 0 saturated heterocycles. The van der Waals surface area contributed by atoms with Gasteiger partial charge in [0, 0.05) is 46.7 Å². The Morgan fingerprint density at radius 3 is 1.07 bits per heavy atom. The molecule has 4 heteroatoms. The summed E-state index contributed by atoms with van der Waals surface area (Å²) in [6.07, 6.45) is 0. The smallest absolute Gasteiger partial charge is 0.165 e. The van der Waals surface area contributed by atoms with Gasteiger partial charge in [0.1, 0.15) is 0 Å². The minimum atomic E-state index is 0.0638. The average molecular weight is 398 g/mol. The Labute approximate surface area is 177 Å². The Morgan fingerprint density at radius 1 is 0.552 bits per heavy atom. The highest BCUT2D eigenvalue weighted by atomic mass is 16.1. The van der Waals surface area contributed by atoms with Crippen molar-refractivity contribution in [3.8, 4) is 0 Å². The molecule has 0 bridgehead atoms. The minimum absolute atomic E-state index is 0.0638. The van der Waals surface area contributed by atoms with Gasteiger partial charge < -0.3 is 16.0 Å². The van der Waals surface area contributed by atoms with E-state index in [0.29, 0.717) is 18.1 Å². The fourth-order valence-electron chi connectivity index (χ4n) is 2.73. The van der Waals surface area contributed by atoms with E-state index < -0.39 is 0 Å². The van der Waals surface area contributed by atoms with E-state index in [0.717, 1.165) is 11.3 Å². The molecule has 0 aromatic heterocycles. The van der Waals surface area contributed by atoms with Gasteiger partial charge in [0.25, 0.3) is 0 Å². The summed E-state index contributed by atoms with van der Waals surface area (Å²) in [6.45, 7) is 16.6. The molecule has 2 rings (SSSR count). The molecule has 4 nitrogen and oxygen atoms in total. The van der Waals surface area contributed by atoms with Crippen LogP contribution in [0.2, 0.25) is 0 Å². The zero-order chi connectivity index (χ0) is 22.0. The van der Waals surface area contributed by atoms with Gasteiger partial charge in [-0.1, -0.05) is 13.8 Å². The standard InChI is InChI=1S/C13H19NO.C12H20N2/c1-9(2)13(15)11-5-7-12(8-6-11)14-10(3)4;1-9(2)13-11-5-7-12(8-6-11)14-10(3)4/h5-10,14H,1-4H3;5-10,13-14H,1-4H3. The van der Waals surface area contributed by atoms with Gasteiger partial charge in [0.05, 0.1) is 0 Å². The summed E-state index contributed by atoms with van der Waals surface area (Å²) < 4.78 is 0. The monoisotopic (exact) mass is 397 g/mol. The second-order valence-electron chi connectivity index (χ2n) is 8.57. The van der Waals surface area contributed by atoms with Crippen molar-refractivity contribution in [2.45, 2.75) is 73.5 Å². The lowest BCUT2D eigenvalue weighted by Gasteiger charge is -2.12. The maximum Gasteiger partial charge on any atom is 0.165 e. The SMILES string of the molecule is CC(C)Nc1ccc(C(=O)C(C)C)cc1.CC(C)Nc1ccc(NC(C)C)cc1. The molecule has 2 aromatic rings. The summed E-state index contributed by atoms with van der Waals surface area (Å²) in [4.78, 5) is 11.7. The molecule has 0 atom stereocenters. The number of hydrogen-bond donors (Lipinski definition) is 3. The normalized spacial score (nSPS) is 10.8. The summed E-state index contributed by atoms with van der Waals surface area (Å²) in [5.41, 5.74) is 4.20. The van der Waals surface area contributed by atoms with Crippen LogP contribution in [0.1, 0.15) is 65.7 Å². The van der Waals surface area contributed by atoms with Crippen molar-refractivity contribution in [2.75, 3.05) is 16.0 Å². The lowest BCUT2D eigenvalue weighted by Crippen LogP contribution is -2.11. The fourth-order valence-corrected chi connectivity index (χ4v) is 2.73. The maximum atomic E-state index is 11.7. The van der Waals surface area contributed by atoms with Crippen molar-refractivity contribution in [3.63, 3.8) is 0 Å². The molecule has 0 saturated carbocycles. The summed E-state index contributed by atoms with van der Waals surface area (Å²) in [6, 6.07) is 17.5. The molecule has 0 unspecified atom stereocenters. The van der Waals surface area contributed by atoms with Crippen LogP contribution < -0.4 is 16.0 Å². The lowest BCUT2D eigenvalue weighted by molar-refractivity contribution is 0.0939. The largest absolute Gasteiger partial charge is 0.383 e. The Hall–Kier alpha value is -2.49. The second-order valence-corrected chi connectivity index (χ2v) is 8.57. The molecule has 0 amide bonds. The number of ketones is 1. The highest BCUT2D eigenvalue weighted by Crippen LogP contribution is 2.15. The van der Waals surface area contributed by atoms with Crippen LogP contribution in [0.5, 0.6) is 0 Å². The van der Waals surface area contributed by atoms with E-state index in [2.05, 4.69) is 81.8 Å². The van der Waals surface area contributed by atoms with Gasteiger partial charge in [-0.2, -0.15) is 0 Å². The number of benzene rings is 2. The average Bonchev–Trinajstić information content (AvgIpc) is 2.62. The van der Waals surface area contributed by atoms with E-state index in [1.165, 1.54) is 11.4 Å². The summed E-state index contributed by atoms with van der Waals surface area (Å²) >= 11 is 0. The molecule has 0 aliphatic rings. The van der Waals surface area contributed by atoms with Crippen LogP contribution in [0.15, 0.2) is 48.5 Å². The first-order chi connectivity index (χ1) is 13.6. The molecule has 2 aromatic carbocycles. The molecule has 0 fully saturated rings. The van der Waals surface area contributed by atoms with Crippen molar-refractivity contribution in [2.24, 2.45) is 5.92 Å². The molecule has 29 heavy (non-hydrogen) atoms. The third kappa shape index (κ3) is 10.0. The first kappa shape index (κ1) is 24.5. The molecule has 0 aliphatic carbocycles. The molecule has 3 N–H and O–H groups in total. The van der Waals surface area contributed by atoms with Crippen molar-refractivity contribution in [1.29, 1.82) is 0 Å². The third-order valence-electron chi connectivity index (χ3n) is 3.94. The van der Waals surface area contributed by atoms with E-state index >= 15 is 0 Å². The molecule has 0 radical (unpaired) electrons. The first-order valence-corrected chi connectivity index (χ1v) is 10.6. The van der Waals surface area contributed by atoms with Crippen LogP contribution in [0.3, 0.4) is 0 Å². The summed E-state index contributed by atoms with van der Waals surface area (Å²) in [5, 5.41) is 10.0. The van der Waals surface area contributed by atoms with Gasteiger partial charge >= 0.3 is 0 Å². The number of rotatable bonds is 8. The predicted molar refractivity (Wildman–Crippen MR) is 128 cm³/mol. The van der Waals surface area contributed by atoms with Gasteiger partial charge in [-0.15, -0.1) is 0 Å². The van der Waals surface area contributed by atoms with E-state index in [1.54, 1.807) is 0 Å². The molecule has 0 aliphatic heterocycles. The minimum Gasteiger partial charge on any atom is -0.383 e. The summed E-state index contributed by atoms with van der Waals surface area (Å²) in [5.74, 6) is 0.264. The van der Waals surface area contributed by atoms with Crippen LogP contribution in [-0.4, -0.2) is 23.9 Å². The van der Waals surface area contributed by atoms with Crippen molar-refractivity contribution < 1.29 is 4.79 Å². The van der Waals surface area contributed by atoms with E-state index in [1.807, 2.05) is 38.1 Å². The van der Waals surface area contributed by atoms with Gasteiger partial charge in [0.2, 0.25) is 0 Å². The molecule has 0 heterocycles. The maximum absolute atomic E-state index is 11.7. The van der Waals surface area contributed by atoms with Crippen molar-refractivity contribution in [1.82, 2.24) is 0 Å². The van der Waals surface area contributed by atoms with Crippen molar-refractivity contribution >= 4 is 22.8 Å². The Morgan fingerprint density at radius 2 is 0.828 bits per heavy atom.